The molecule has 8 heteroatoms. The van der Waals surface area contributed by atoms with Crippen molar-refractivity contribution in [3.63, 3.8) is 0 Å². The van der Waals surface area contributed by atoms with Gasteiger partial charge in [-0.15, -0.1) is 6.58 Å². The molecule has 0 amide bonds. The number of imidazole rings is 1. The molecular weight excluding hydrogens is 346 g/mol. The van der Waals surface area contributed by atoms with Gasteiger partial charge < -0.3 is 14.2 Å². The SMILES string of the molecule is C=CCn1c(=O)c2c(nc3n2CCCN3c2ccccc2OC)n(C)c1=O. The number of hydrogen-bond acceptors (Lipinski definition) is 5. The number of aromatic nitrogens is 4. The monoisotopic (exact) mass is 367 g/mol. The molecule has 3 heterocycles. The molecule has 140 valence electrons. The van der Waals surface area contributed by atoms with Crippen molar-refractivity contribution >= 4 is 22.8 Å². The average molecular weight is 367 g/mol. The maximum Gasteiger partial charge on any atom is 0.332 e. The van der Waals surface area contributed by atoms with E-state index in [2.05, 4.69) is 11.6 Å². The summed E-state index contributed by atoms with van der Waals surface area (Å²) in [6.07, 6.45) is 2.39. The molecule has 0 spiro atoms. The molecule has 0 fully saturated rings. The van der Waals surface area contributed by atoms with E-state index >= 15 is 0 Å². The van der Waals surface area contributed by atoms with Crippen LogP contribution in [0, 0.1) is 0 Å². The first-order valence-electron chi connectivity index (χ1n) is 8.80. The minimum atomic E-state index is -0.397. The van der Waals surface area contributed by atoms with Gasteiger partial charge in [0.05, 0.1) is 12.8 Å². The summed E-state index contributed by atoms with van der Waals surface area (Å²) in [4.78, 5) is 32.2. The molecule has 0 unspecified atom stereocenters. The third-order valence-corrected chi connectivity index (χ3v) is 4.90. The van der Waals surface area contributed by atoms with Gasteiger partial charge in [-0.2, -0.15) is 4.98 Å². The van der Waals surface area contributed by atoms with Crippen LogP contribution in [0.1, 0.15) is 6.42 Å². The number of nitrogens with zero attached hydrogens (tertiary/aromatic N) is 5. The number of para-hydroxylation sites is 2. The summed E-state index contributed by atoms with van der Waals surface area (Å²) in [5, 5.41) is 0. The van der Waals surface area contributed by atoms with Crippen LogP contribution in [0.5, 0.6) is 5.75 Å². The number of methoxy groups -OCH3 is 1. The van der Waals surface area contributed by atoms with E-state index in [9.17, 15) is 9.59 Å². The van der Waals surface area contributed by atoms with Crippen LogP contribution in [0.25, 0.3) is 11.2 Å². The van der Waals surface area contributed by atoms with Gasteiger partial charge in [-0.05, 0) is 18.6 Å². The molecule has 0 saturated carbocycles. The second-order valence-corrected chi connectivity index (χ2v) is 6.46. The van der Waals surface area contributed by atoms with Crippen molar-refractivity contribution in [3.05, 3.63) is 57.8 Å². The fourth-order valence-corrected chi connectivity index (χ4v) is 3.64. The number of rotatable bonds is 4. The van der Waals surface area contributed by atoms with Crippen molar-refractivity contribution in [2.45, 2.75) is 19.5 Å². The summed E-state index contributed by atoms with van der Waals surface area (Å²) < 4.78 is 10.00. The van der Waals surface area contributed by atoms with Gasteiger partial charge in [-0.25, -0.2) is 4.79 Å². The maximum absolute atomic E-state index is 13.0. The first kappa shape index (κ1) is 17.1. The summed E-state index contributed by atoms with van der Waals surface area (Å²) >= 11 is 0. The van der Waals surface area contributed by atoms with Crippen molar-refractivity contribution in [2.24, 2.45) is 7.05 Å². The number of allylic oxidation sites excluding steroid dienone is 1. The molecule has 4 rings (SSSR count). The van der Waals surface area contributed by atoms with Gasteiger partial charge >= 0.3 is 5.69 Å². The van der Waals surface area contributed by atoms with E-state index in [1.54, 1.807) is 20.2 Å². The minimum Gasteiger partial charge on any atom is -0.495 e. The Balaban J connectivity index is 2.01. The topological polar surface area (TPSA) is 74.3 Å². The molecule has 0 N–H and O–H groups in total. The van der Waals surface area contributed by atoms with Crippen LogP contribution in [0.3, 0.4) is 0 Å². The highest BCUT2D eigenvalue weighted by atomic mass is 16.5. The van der Waals surface area contributed by atoms with Crippen molar-refractivity contribution in [1.82, 2.24) is 18.7 Å². The van der Waals surface area contributed by atoms with E-state index in [-0.39, 0.29) is 12.1 Å². The highest BCUT2D eigenvalue weighted by molar-refractivity contribution is 5.78. The largest absolute Gasteiger partial charge is 0.495 e. The van der Waals surface area contributed by atoms with Crippen LogP contribution in [0.4, 0.5) is 11.6 Å². The normalized spacial score (nSPS) is 13.6. The molecule has 1 aromatic carbocycles. The molecule has 0 saturated heterocycles. The van der Waals surface area contributed by atoms with Crippen LogP contribution in [-0.4, -0.2) is 32.3 Å². The molecule has 0 aliphatic carbocycles. The molecular formula is C19H21N5O3. The smallest absolute Gasteiger partial charge is 0.332 e. The molecule has 27 heavy (non-hydrogen) atoms. The van der Waals surface area contributed by atoms with E-state index in [1.165, 1.54) is 9.13 Å². The van der Waals surface area contributed by atoms with E-state index in [0.29, 0.717) is 23.7 Å². The summed E-state index contributed by atoms with van der Waals surface area (Å²) in [6.45, 7) is 5.22. The third kappa shape index (κ3) is 2.48. The first-order chi connectivity index (χ1) is 13.1. The van der Waals surface area contributed by atoms with Gasteiger partial charge in [0.15, 0.2) is 11.2 Å². The van der Waals surface area contributed by atoms with E-state index in [1.807, 2.05) is 33.7 Å². The van der Waals surface area contributed by atoms with Gasteiger partial charge in [0.2, 0.25) is 5.95 Å². The number of anilines is 2. The Morgan fingerprint density at radius 2 is 2.04 bits per heavy atom. The van der Waals surface area contributed by atoms with E-state index in [0.717, 1.165) is 24.4 Å². The van der Waals surface area contributed by atoms with Gasteiger partial charge in [-0.3, -0.25) is 13.9 Å². The Morgan fingerprint density at radius 3 is 2.78 bits per heavy atom. The molecule has 0 atom stereocenters. The van der Waals surface area contributed by atoms with Crippen LogP contribution in [-0.2, 0) is 20.1 Å². The second kappa shape index (κ2) is 6.46. The number of fused-ring (bicyclic) bond motifs is 3. The molecule has 1 aliphatic heterocycles. The van der Waals surface area contributed by atoms with Crippen LogP contribution < -0.4 is 20.9 Å². The lowest BCUT2D eigenvalue weighted by Crippen LogP contribution is -2.39. The van der Waals surface area contributed by atoms with Crippen molar-refractivity contribution < 1.29 is 4.74 Å². The fourth-order valence-electron chi connectivity index (χ4n) is 3.64. The van der Waals surface area contributed by atoms with Gasteiger partial charge in [-0.1, -0.05) is 18.2 Å². The molecule has 0 radical (unpaired) electrons. The van der Waals surface area contributed by atoms with E-state index < -0.39 is 5.69 Å². The predicted octanol–water partition coefficient (Wildman–Crippen LogP) is 1.63. The zero-order chi connectivity index (χ0) is 19.1. The van der Waals surface area contributed by atoms with Gasteiger partial charge in [0.1, 0.15) is 5.75 Å². The Labute approximate surface area is 155 Å². The minimum absolute atomic E-state index is 0.165. The number of ether oxygens (including phenoxy) is 1. The standard InChI is InChI=1S/C19H21N5O3/c1-4-10-24-17(25)15-16(21(2)19(24)26)20-18-22(11-7-12-23(15)18)13-8-5-6-9-14(13)27-3/h4-6,8-9H,1,7,10-12H2,2-3H3. The first-order valence-corrected chi connectivity index (χ1v) is 8.80. The number of hydrogen-bond donors (Lipinski definition) is 0. The summed E-state index contributed by atoms with van der Waals surface area (Å²) in [7, 11) is 3.26. The Morgan fingerprint density at radius 1 is 1.26 bits per heavy atom. The zero-order valence-electron chi connectivity index (χ0n) is 15.4. The molecule has 0 bridgehead atoms. The van der Waals surface area contributed by atoms with Crippen LogP contribution in [0.2, 0.25) is 0 Å². The second-order valence-electron chi connectivity index (χ2n) is 6.46. The van der Waals surface area contributed by atoms with Crippen LogP contribution in [0.15, 0.2) is 46.5 Å². The highest BCUT2D eigenvalue weighted by Crippen LogP contribution is 2.36. The average Bonchev–Trinajstić information content (AvgIpc) is 3.09. The highest BCUT2D eigenvalue weighted by Gasteiger charge is 2.28. The third-order valence-electron chi connectivity index (χ3n) is 4.90. The summed E-state index contributed by atoms with van der Waals surface area (Å²) in [6, 6.07) is 7.70. The Kier molecular flexibility index (Phi) is 4.10. The van der Waals surface area contributed by atoms with Crippen LogP contribution >= 0.6 is 0 Å². The lowest BCUT2D eigenvalue weighted by atomic mass is 10.2. The van der Waals surface area contributed by atoms with Crippen molar-refractivity contribution in [3.8, 4) is 5.75 Å². The maximum atomic E-state index is 13.0. The van der Waals surface area contributed by atoms with Crippen molar-refractivity contribution in [1.29, 1.82) is 0 Å². The zero-order valence-corrected chi connectivity index (χ0v) is 15.4. The Hall–Kier alpha value is -3.29. The quantitative estimate of drug-likeness (QED) is 0.656. The molecule has 2 aromatic heterocycles. The molecule has 1 aliphatic rings. The predicted molar refractivity (Wildman–Crippen MR) is 104 cm³/mol. The van der Waals surface area contributed by atoms with Gasteiger partial charge in [0, 0.05) is 26.7 Å². The summed E-state index contributed by atoms with van der Waals surface area (Å²) in [5.41, 5.74) is 0.976. The van der Waals surface area contributed by atoms with Gasteiger partial charge in [0.25, 0.3) is 5.56 Å². The molecule has 8 nitrogen and oxygen atoms in total. The Bertz CT molecular complexity index is 1150. The lowest BCUT2D eigenvalue weighted by molar-refractivity contribution is 0.414. The lowest BCUT2D eigenvalue weighted by Gasteiger charge is -2.30. The number of aryl methyl sites for hydroxylation is 2. The van der Waals surface area contributed by atoms with E-state index in [4.69, 9.17) is 4.74 Å². The fraction of sp³-hybridized carbons (Fsp3) is 0.316. The van der Waals surface area contributed by atoms with Crippen molar-refractivity contribution in [2.75, 3.05) is 18.6 Å². The molecule has 3 aromatic rings. The number of benzene rings is 1. The summed E-state index contributed by atoms with van der Waals surface area (Å²) in [5.74, 6) is 1.38.